The number of nitriles is 1. The van der Waals surface area contributed by atoms with Gasteiger partial charge in [-0.1, -0.05) is 6.58 Å². The largest absolute Gasteiger partial charge is 0.311 e. The van der Waals surface area contributed by atoms with Crippen LogP contribution in [0.25, 0.3) is 0 Å². The molecule has 0 atom stereocenters. The number of non-ortho nitro benzene ring substituents is 1. The van der Waals surface area contributed by atoms with Crippen LogP contribution in [-0.2, 0) is 4.79 Å². The number of rotatable bonds is 3. The molecule has 0 heterocycles. The number of likely N-dealkylation sites (N-methyl/N-ethyl adjacent to an activating group) is 1. The number of nitro benzene ring substituents is 1. The number of amides is 1. The zero-order valence-electron chi connectivity index (χ0n) is 9.08. The van der Waals surface area contributed by atoms with Gasteiger partial charge in [-0.25, -0.2) is 0 Å². The number of hydrogen-bond acceptors (Lipinski definition) is 4. The van der Waals surface area contributed by atoms with Gasteiger partial charge >= 0.3 is 0 Å². The van der Waals surface area contributed by atoms with Gasteiger partial charge in [0.05, 0.1) is 16.2 Å². The molecule has 0 radical (unpaired) electrons. The average Bonchev–Trinajstić information content (AvgIpc) is 2.35. The zero-order valence-corrected chi connectivity index (χ0v) is 9.08. The maximum absolute atomic E-state index is 11.4. The first kappa shape index (κ1) is 12.4. The summed E-state index contributed by atoms with van der Waals surface area (Å²) < 4.78 is 0. The van der Waals surface area contributed by atoms with E-state index in [0.717, 1.165) is 12.1 Å². The zero-order chi connectivity index (χ0) is 13.0. The minimum Gasteiger partial charge on any atom is -0.311 e. The Hall–Kier alpha value is -2.68. The van der Waals surface area contributed by atoms with Crippen molar-refractivity contribution in [1.82, 2.24) is 0 Å². The fourth-order valence-electron chi connectivity index (χ4n) is 1.28. The molecule has 0 aliphatic carbocycles. The van der Waals surface area contributed by atoms with E-state index < -0.39 is 10.8 Å². The van der Waals surface area contributed by atoms with E-state index in [1.165, 1.54) is 24.1 Å². The highest BCUT2D eigenvalue weighted by Gasteiger charge is 2.15. The van der Waals surface area contributed by atoms with Crippen LogP contribution in [0.5, 0.6) is 0 Å². The number of nitro groups is 1. The summed E-state index contributed by atoms with van der Waals surface area (Å²) in [7, 11) is 1.46. The van der Waals surface area contributed by atoms with Crippen molar-refractivity contribution in [3.05, 3.63) is 46.5 Å². The van der Waals surface area contributed by atoms with Crippen LogP contribution >= 0.6 is 0 Å². The Balaban J connectivity index is 3.27. The van der Waals surface area contributed by atoms with Gasteiger partial charge in [0.15, 0.2) is 0 Å². The Morgan fingerprint density at radius 3 is 2.76 bits per heavy atom. The second kappa shape index (κ2) is 4.90. The summed E-state index contributed by atoms with van der Waals surface area (Å²) >= 11 is 0. The Labute approximate surface area is 97.5 Å². The van der Waals surface area contributed by atoms with Gasteiger partial charge in [-0.2, -0.15) is 5.26 Å². The SMILES string of the molecule is C=CC(=O)N(C)c1ccc([N+](=O)[O-])cc1C#N. The van der Waals surface area contributed by atoms with Crippen molar-refractivity contribution in [2.75, 3.05) is 11.9 Å². The molecule has 1 aromatic rings. The van der Waals surface area contributed by atoms with E-state index in [-0.39, 0.29) is 11.3 Å². The molecule has 86 valence electrons. The molecule has 1 aromatic carbocycles. The van der Waals surface area contributed by atoms with Gasteiger partial charge < -0.3 is 4.90 Å². The first-order chi connectivity index (χ1) is 8.01. The van der Waals surface area contributed by atoms with Crippen molar-refractivity contribution in [3.8, 4) is 6.07 Å². The molecule has 6 nitrogen and oxygen atoms in total. The normalized spacial score (nSPS) is 9.18. The average molecular weight is 231 g/mol. The highest BCUT2D eigenvalue weighted by atomic mass is 16.6. The summed E-state index contributed by atoms with van der Waals surface area (Å²) in [5.74, 6) is -0.393. The van der Waals surface area contributed by atoms with Crippen molar-refractivity contribution >= 4 is 17.3 Å². The first-order valence-electron chi connectivity index (χ1n) is 4.60. The van der Waals surface area contributed by atoms with E-state index in [2.05, 4.69) is 6.58 Å². The molecule has 0 bridgehead atoms. The van der Waals surface area contributed by atoms with E-state index in [4.69, 9.17) is 5.26 Å². The van der Waals surface area contributed by atoms with Crippen LogP contribution in [0.3, 0.4) is 0 Å². The van der Waals surface area contributed by atoms with Crippen LogP contribution in [0.4, 0.5) is 11.4 Å². The molecule has 0 aliphatic rings. The molecule has 0 aromatic heterocycles. The van der Waals surface area contributed by atoms with E-state index in [1.54, 1.807) is 0 Å². The topological polar surface area (TPSA) is 87.2 Å². The molecule has 0 saturated heterocycles. The molecule has 0 unspecified atom stereocenters. The lowest BCUT2D eigenvalue weighted by Gasteiger charge is -2.16. The minimum atomic E-state index is -0.597. The summed E-state index contributed by atoms with van der Waals surface area (Å²) in [6.07, 6.45) is 1.10. The lowest BCUT2D eigenvalue weighted by atomic mass is 10.1. The number of carbonyl (C=O) groups is 1. The number of benzene rings is 1. The van der Waals surface area contributed by atoms with E-state index >= 15 is 0 Å². The lowest BCUT2D eigenvalue weighted by Crippen LogP contribution is -2.24. The fourth-order valence-corrected chi connectivity index (χ4v) is 1.28. The summed E-state index contributed by atoms with van der Waals surface area (Å²) in [6.45, 7) is 3.33. The summed E-state index contributed by atoms with van der Waals surface area (Å²) in [5.41, 5.74) is 0.185. The van der Waals surface area contributed by atoms with Crippen LogP contribution in [0.1, 0.15) is 5.56 Å². The van der Waals surface area contributed by atoms with Crippen molar-refractivity contribution in [2.24, 2.45) is 0 Å². The van der Waals surface area contributed by atoms with Crippen LogP contribution in [0.15, 0.2) is 30.9 Å². The van der Waals surface area contributed by atoms with Crippen molar-refractivity contribution < 1.29 is 9.72 Å². The molecule has 0 aliphatic heterocycles. The predicted molar refractivity (Wildman–Crippen MR) is 61.4 cm³/mol. The minimum absolute atomic E-state index is 0.0666. The molecular formula is C11H9N3O3. The second-order valence-electron chi connectivity index (χ2n) is 3.17. The molecule has 0 spiro atoms. The molecule has 0 fully saturated rings. The molecule has 1 amide bonds. The van der Waals surface area contributed by atoms with E-state index in [0.29, 0.717) is 5.69 Å². The van der Waals surface area contributed by atoms with Gasteiger partial charge in [-0.05, 0) is 12.1 Å². The fraction of sp³-hybridized carbons (Fsp3) is 0.0909. The Morgan fingerprint density at radius 2 is 2.29 bits per heavy atom. The molecule has 0 N–H and O–H groups in total. The molecule has 17 heavy (non-hydrogen) atoms. The Morgan fingerprint density at radius 1 is 1.65 bits per heavy atom. The maximum atomic E-state index is 11.4. The van der Waals surface area contributed by atoms with Crippen molar-refractivity contribution in [1.29, 1.82) is 5.26 Å². The van der Waals surface area contributed by atoms with Gasteiger partial charge in [0.1, 0.15) is 6.07 Å². The standard InChI is InChI=1S/C11H9N3O3/c1-3-11(15)13(2)10-5-4-9(14(16)17)6-8(10)7-12/h3-6H,1H2,2H3. The third-order valence-corrected chi connectivity index (χ3v) is 2.18. The summed E-state index contributed by atoms with van der Waals surface area (Å²) in [6, 6.07) is 5.54. The van der Waals surface area contributed by atoms with Crippen LogP contribution in [0, 0.1) is 21.4 Å². The third kappa shape index (κ3) is 2.46. The molecule has 0 saturated carbocycles. The number of hydrogen-bond donors (Lipinski definition) is 0. The first-order valence-corrected chi connectivity index (χ1v) is 4.60. The number of carbonyl (C=O) groups excluding carboxylic acids is 1. The predicted octanol–water partition coefficient (Wildman–Crippen LogP) is 1.62. The number of nitrogens with zero attached hydrogens (tertiary/aromatic N) is 3. The van der Waals surface area contributed by atoms with E-state index in [9.17, 15) is 14.9 Å². The quantitative estimate of drug-likeness (QED) is 0.449. The highest BCUT2D eigenvalue weighted by Crippen LogP contribution is 2.24. The summed E-state index contributed by atoms with van der Waals surface area (Å²) in [4.78, 5) is 22.5. The Kier molecular flexibility index (Phi) is 3.57. The van der Waals surface area contributed by atoms with Crippen molar-refractivity contribution in [2.45, 2.75) is 0 Å². The van der Waals surface area contributed by atoms with Crippen LogP contribution < -0.4 is 4.90 Å². The molecular weight excluding hydrogens is 222 g/mol. The smallest absolute Gasteiger partial charge is 0.270 e. The second-order valence-corrected chi connectivity index (χ2v) is 3.17. The van der Waals surface area contributed by atoms with Gasteiger partial charge in [0.25, 0.3) is 5.69 Å². The van der Waals surface area contributed by atoms with Crippen LogP contribution in [-0.4, -0.2) is 17.9 Å². The number of anilines is 1. The van der Waals surface area contributed by atoms with Gasteiger partial charge in [-0.3, -0.25) is 14.9 Å². The third-order valence-electron chi connectivity index (χ3n) is 2.18. The van der Waals surface area contributed by atoms with Crippen LogP contribution in [0.2, 0.25) is 0 Å². The van der Waals surface area contributed by atoms with Gasteiger partial charge in [0, 0.05) is 19.2 Å². The molecule has 1 rings (SSSR count). The maximum Gasteiger partial charge on any atom is 0.270 e. The monoisotopic (exact) mass is 231 g/mol. The van der Waals surface area contributed by atoms with Gasteiger partial charge in [0.2, 0.25) is 5.91 Å². The highest BCUT2D eigenvalue weighted by molar-refractivity contribution is 6.01. The lowest BCUT2D eigenvalue weighted by molar-refractivity contribution is -0.384. The Bertz CT molecular complexity index is 531. The summed E-state index contributed by atoms with van der Waals surface area (Å²) in [5, 5.41) is 19.4. The van der Waals surface area contributed by atoms with Crippen molar-refractivity contribution in [3.63, 3.8) is 0 Å². The molecule has 6 heteroatoms. The van der Waals surface area contributed by atoms with Gasteiger partial charge in [-0.15, -0.1) is 0 Å². The van der Waals surface area contributed by atoms with E-state index in [1.807, 2.05) is 6.07 Å².